The zero-order valence-electron chi connectivity index (χ0n) is 37.7. The van der Waals surface area contributed by atoms with Crippen molar-refractivity contribution < 1.29 is 0 Å². The first-order valence-electron chi connectivity index (χ1n) is 22.4. The third kappa shape index (κ3) is 5.48. The van der Waals surface area contributed by atoms with Crippen LogP contribution in [0.1, 0.15) is 153 Å². The molecule has 0 spiro atoms. The molecule has 0 aliphatic heterocycles. The summed E-state index contributed by atoms with van der Waals surface area (Å²) in [6.45, 7) is 29.4. The zero-order valence-corrected chi connectivity index (χ0v) is 37.7. The minimum absolute atomic E-state index is 0.000242. The number of anilines is 3. The molecule has 0 saturated carbocycles. The predicted molar refractivity (Wildman–Crippen MR) is 252 cm³/mol. The molecule has 0 atom stereocenters. The van der Waals surface area contributed by atoms with Crippen molar-refractivity contribution in [3.8, 4) is 33.4 Å². The van der Waals surface area contributed by atoms with Crippen LogP contribution in [0.2, 0.25) is 0 Å². The van der Waals surface area contributed by atoms with Crippen LogP contribution in [-0.2, 0) is 32.5 Å². The van der Waals surface area contributed by atoms with Crippen molar-refractivity contribution in [2.45, 2.75) is 141 Å². The van der Waals surface area contributed by atoms with Crippen LogP contribution in [-0.4, -0.2) is 0 Å². The molecule has 0 aromatic heterocycles. The molecule has 0 radical (unpaired) electrons. The molecule has 1 nitrogen and oxygen atoms in total. The summed E-state index contributed by atoms with van der Waals surface area (Å²) in [6, 6.07) is 45.5. The van der Waals surface area contributed by atoms with E-state index in [1.54, 1.807) is 0 Å². The Labute approximate surface area is 354 Å². The van der Waals surface area contributed by atoms with E-state index in [0.717, 1.165) is 6.42 Å². The van der Waals surface area contributed by atoms with Gasteiger partial charge in [-0.2, -0.15) is 0 Å². The van der Waals surface area contributed by atoms with E-state index in [4.69, 9.17) is 0 Å². The second-order valence-corrected chi connectivity index (χ2v) is 22.3. The summed E-state index contributed by atoms with van der Waals surface area (Å²) in [5, 5.41) is 0. The SMILES string of the molecule is CC1(C)CCC(C)(C)c2cc(-c3cc4c(cc3N(c3ccc5c(c3)C(C)(C)c3ccccc3-5)c3cccc5c3C(C)(C)CCC5(C)C)C(C)(C)c3ccccc3-4)ccc21. The first-order valence-corrected chi connectivity index (χ1v) is 22.4. The zero-order chi connectivity index (χ0) is 41.7. The molecule has 0 heterocycles. The van der Waals surface area contributed by atoms with Gasteiger partial charge in [0.05, 0.1) is 11.4 Å². The van der Waals surface area contributed by atoms with E-state index >= 15 is 0 Å². The van der Waals surface area contributed by atoms with Crippen LogP contribution in [0.25, 0.3) is 33.4 Å². The fraction of sp³-hybridized carbons (Fsp3) is 0.379. The number of nitrogens with zero attached hydrogens (tertiary/aromatic N) is 1. The Morgan fingerprint density at radius 2 is 0.864 bits per heavy atom. The van der Waals surface area contributed by atoms with Crippen LogP contribution in [0.4, 0.5) is 17.1 Å². The highest BCUT2D eigenvalue weighted by molar-refractivity contribution is 5.96. The number of hydrogen-bond donors (Lipinski definition) is 0. The second kappa shape index (κ2) is 12.3. The van der Waals surface area contributed by atoms with Gasteiger partial charge in [-0.3, -0.25) is 0 Å². The van der Waals surface area contributed by atoms with Crippen molar-refractivity contribution in [1.82, 2.24) is 0 Å². The van der Waals surface area contributed by atoms with Crippen molar-refractivity contribution in [1.29, 1.82) is 0 Å². The number of fused-ring (bicyclic) bond motifs is 8. The van der Waals surface area contributed by atoms with Gasteiger partial charge in [-0.15, -0.1) is 0 Å². The Morgan fingerprint density at radius 1 is 0.339 bits per heavy atom. The minimum Gasteiger partial charge on any atom is -0.310 e. The largest absolute Gasteiger partial charge is 0.310 e. The highest BCUT2D eigenvalue weighted by Gasteiger charge is 2.43. The smallest absolute Gasteiger partial charge is 0.0543 e. The van der Waals surface area contributed by atoms with E-state index in [2.05, 4.69) is 203 Å². The van der Waals surface area contributed by atoms with Crippen molar-refractivity contribution in [3.63, 3.8) is 0 Å². The quantitative estimate of drug-likeness (QED) is 0.172. The molecule has 59 heavy (non-hydrogen) atoms. The van der Waals surface area contributed by atoms with Gasteiger partial charge in [0.25, 0.3) is 0 Å². The lowest BCUT2D eigenvalue weighted by atomic mass is 9.62. The van der Waals surface area contributed by atoms with Gasteiger partial charge in [-0.25, -0.2) is 0 Å². The van der Waals surface area contributed by atoms with Crippen LogP contribution in [0.5, 0.6) is 0 Å². The number of rotatable bonds is 4. The summed E-state index contributed by atoms with van der Waals surface area (Å²) in [7, 11) is 0. The molecule has 0 bridgehead atoms. The first kappa shape index (κ1) is 38.3. The molecule has 4 aliphatic rings. The van der Waals surface area contributed by atoms with Crippen molar-refractivity contribution in [2.75, 3.05) is 4.90 Å². The van der Waals surface area contributed by atoms with E-state index in [-0.39, 0.29) is 32.5 Å². The number of hydrogen-bond acceptors (Lipinski definition) is 1. The molecule has 0 amide bonds. The van der Waals surface area contributed by atoms with E-state index in [9.17, 15) is 0 Å². The first-order chi connectivity index (χ1) is 27.7. The average molecular weight is 774 g/mol. The lowest BCUT2D eigenvalue weighted by Gasteiger charge is -2.45. The van der Waals surface area contributed by atoms with Crippen LogP contribution in [0.15, 0.2) is 115 Å². The second-order valence-electron chi connectivity index (χ2n) is 22.3. The summed E-state index contributed by atoms with van der Waals surface area (Å²) < 4.78 is 0. The predicted octanol–water partition coefficient (Wildman–Crippen LogP) is 16.1. The van der Waals surface area contributed by atoms with Crippen molar-refractivity contribution in [2.24, 2.45) is 0 Å². The summed E-state index contributed by atoms with van der Waals surface area (Å²) in [5.74, 6) is 0. The summed E-state index contributed by atoms with van der Waals surface area (Å²) in [6.07, 6.45) is 4.73. The fourth-order valence-electron chi connectivity index (χ4n) is 12.0. The Kier molecular flexibility index (Phi) is 8.02. The minimum atomic E-state index is -0.147. The highest BCUT2D eigenvalue weighted by atomic mass is 15.1. The summed E-state index contributed by atoms with van der Waals surface area (Å²) in [4.78, 5) is 2.70. The fourth-order valence-corrected chi connectivity index (χ4v) is 12.0. The van der Waals surface area contributed by atoms with Gasteiger partial charge in [0, 0.05) is 22.1 Å². The molecule has 0 saturated heterocycles. The van der Waals surface area contributed by atoms with Crippen LogP contribution in [0.3, 0.4) is 0 Å². The van der Waals surface area contributed by atoms with E-state index in [1.165, 1.54) is 114 Å². The Balaban J connectivity index is 1.32. The number of benzene rings is 6. The standard InChI is InChI=1S/C58H63N/c1-53(2)28-29-55(5,6)49-32-36(24-27-45(49)53)41-34-42-39-19-14-16-21-44(39)58(11,12)48(42)35-51(41)59(50-23-17-22-46-52(50)56(7,8)31-30-54(46,3)4)37-25-26-40-38-18-13-15-20-43(38)57(9,10)47(40)33-37/h13-27,32-35H,28-31H2,1-12H3. The summed E-state index contributed by atoms with van der Waals surface area (Å²) >= 11 is 0. The van der Waals surface area contributed by atoms with Crippen LogP contribution < -0.4 is 4.90 Å². The van der Waals surface area contributed by atoms with Gasteiger partial charge in [0.1, 0.15) is 0 Å². The maximum absolute atomic E-state index is 2.70. The molecule has 0 unspecified atom stereocenters. The molecular formula is C58H63N. The average Bonchev–Trinajstić information content (AvgIpc) is 3.57. The lowest BCUT2D eigenvalue weighted by Crippen LogP contribution is -2.35. The topological polar surface area (TPSA) is 3.24 Å². The lowest BCUT2D eigenvalue weighted by molar-refractivity contribution is 0.332. The molecular weight excluding hydrogens is 711 g/mol. The van der Waals surface area contributed by atoms with Crippen molar-refractivity contribution >= 4 is 17.1 Å². The van der Waals surface area contributed by atoms with Crippen molar-refractivity contribution in [3.05, 3.63) is 160 Å². The molecule has 6 aromatic carbocycles. The Hall–Kier alpha value is -4.88. The van der Waals surface area contributed by atoms with Crippen LogP contribution in [0, 0.1) is 0 Å². The van der Waals surface area contributed by atoms with Gasteiger partial charge >= 0.3 is 0 Å². The van der Waals surface area contributed by atoms with E-state index < -0.39 is 0 Å². The molecule has 0 fully saturated rings. The molecule has 6 aromatic rings. The monoisotopic (exact) mass is 773 g/mol. The summed E-state index contributed by atoms with van der Waals surface area (Å²) in [5.41, 5.74) is 23.5. The maximum Gasteiger partial charge on any atom is 0.0543 e. The van der Waals surface area contributed by atoms with Crippen LogP contribution >= 0.6 is 0 Å². The van der Waals surface area contributed by atoms with Gasteiger partial charge in [-0.1, -0.05) is 168 Å². The third-order valence-electron chi connectivity index (χ3n) is 16.0. The third-order valence-corrected chi connectivity index (χ3v) is 16.0. The highest BCUT2D eigenvalue weighted by Crippen LogP contribution is 2.58. The van der Waals surface area contributed by atoms with E-state index in [0.29, 0.717) is 0 Å². The Morgan fingerprint density at radius 3 is 1.53 bits per heavy atom. The Bertz CT molecular complexity index is 2730. The van der Waals surface area contributed by atoms with E-state index in [1.807, 2.05) is 0 Å². The van der Waals surface area contributed by atoms with Gasteiger partial charge in [0.2, 0.25) is 0 Å². The van der Waals surface area contributed by atoms with Gasteiger partial charge in [0.15, 0.2) is 0 Å². The van der Waals surface area contributed by atoms with Gasteiger partial charge < -0.3 is 4.90 Å². The molecule has 4 aliphatic carbocycles. The maximum atomic E-state index is 2.70. The normalized spacial score (nSPS) is 20.1. The molecule has 1 heteroatoms. The molecule has 300 valence electrons. The molecule has 0 N–H and O–H groups in total. The van der Waals surface area contributed by atoms with Gasteiger partial charge in [-0.05, 0) is 150 Å². The molecule has 10 rings (SSSR count).